The van der Waals surface area contributed by atoms with Gasteiger partial charge in [0, 0.05) is 62.6 Å². The molecule has 0 aliphatic carbocycles. The number of allylic oxidation sites excluding steroid dienone is 1. The van der Waals surface area contributed by atoms with E-state index in [-0.39, 0.29) is 11.6 Å². The summed E-state index contributed by atoms with van der Waals surface area (Å²) < 4.78 is 0. The van der Waals surface area contributed by atoms with Gasteiger partial charge in [-0.2, -0.15) is 0 Å². The minimum Gasteiger partial charge on any atom is -0.371 e. The standard InChI is InChI=1S/C37H48N2O3/c1-4-5-13-32(40)14-8-6-7-9-16-36(41)30-17-18-33(31(24-30)25-37(42)34-23-27(2)26-38-34)29-19-21-39(22-20-29)35-15-11-10-12-28(35)3/h10-12,15,17-18,24,26,29H,4-9,13-14,16,19-23,25H2,1-3H3. The number of aryl methyl sites for hydroxylation is 1. The molecule has 2 aromatic rings. The van der Waals surface area contributed by atoms with Gasteiger partial charge in [0.1, 0.15) is 5.78 Å². The Labute approximate surface area is 252 Å². The highest BCUT2D eigenvalue weighted by atomic mass is 16.1. The highest BCUT2D eigenvalue weighted by Gasteiger charge is 2.26. The number of anilines is 1. The van der Waals surface area contributed by atoms with E-state index in [0.29, 0.717) is 55.1 Å². The first-order valence-electron chi connectivity index (χ1n) is 16.1. The molecule has 0 aromatic heterocycles. The molecule has 5 nitrogen and oxygen atoms in total. The molecule has 0 amide bonds. The molecule has 1 fully saturated rings. The van der Waals surface area contributed by atoms with Crippen LogP contribution in [0.2, 0.25) is 0 Å². The SMILES string of the molecule is CCCCC(=O)CCCCCCC(=O)c1ccc(C2CCN(c3ccccc3C)CC2)c(CC(=O)C2=NC=C(C)C2)c1. The lowest BCUT2D eigenvalue weighted by atomic mass is 9.83. The van der Waals surface area contributed by atoms with Crippen LogP contribution in [0.3, 0.4) is 0 Å². The van der Waals surface area contributed by atoms with E-state index in [1.807, 2.05) is 19.1 Å². The Morgan fingerprint density at radius 2 is 1.57 bits per heavy atom. The number of hydrogen-bond acceptors (Lipinski definition) is 5. The van der Waals surface area contributed by atoms with Crippen molar-refractivity contribution in [3.05, 3.63) is 76.5 Å². The van der Waals surface area contributed by atoms with E-state index in [9.17, 15) is 14.4 Å². The van der Waals surface area contributed by atoms with Gasteiger partial charge in [-0.1, -0.05) is 56.5 Å². The molecular formula is C37H48N2O3. The van der Waals surface area contributed by atoms with Crippen molar-refractivity contribution >= 4 is 28.7 Å². The van der Waals surface area contributed by atoms with Crippen LogP contribution in [-0.2, 0) is 16.0 Å². The Hall–Kier alpha value is -3.34. The Morgan fingerprint density at radius 3 is 2.26 bits per heavy atom. The number of aliphatic imine (C=N–C) groups is 1. The highest BCUT2D eigenvalue weighted by Crippen LogP contribution is 2.34. The minimum absolute atomic E-state index is 0.0554. The summed E-state index contributed by atoms with van der Waals surface area (Å²) in [6.07, 6.45) is 12.3. The second kappa shape index (κ2) is 15.8. The summed E-state index contributed by atoms with van der Waals surface area (Å²) in [4.78, 5) is 45.1. The van der Waals surface area contributed by atoms with Crippen LogP contribution in [0.4, 0.5) is 5.69 Å². The van der Waals surface area contributed by atoms with Gasteiger partial charge >= 0.3 is 0 Å². The minimum atomic E-state index is 0.0554. The first-order valence-corrected chi connectivity index (χ1v) is 16.1. The number of carbonyl (C=O) groups excluding carboxylic acids is 3. The summed E-state index contributed by atoms with van der Waals surface area (Å²) in [6.45, 7) is 8.23. The fraction of sp³-hybridized carbons (Fsp3) is 0.514. The summed E-state index contributed by atoms with van der Waals surface area (Å²) in [7, 11) is 0. The van der Waals surface area contributed by atoms with Gasteiger partial charge in [-0.15, -0.1) is 0 Å². The van der Waals surface area contributed by atoms with E-state index in [2.05, 4.69) is 54.1 Å². The van der Waals surface area contributed by atoms with E-state index in [1.165, 1.54) is 16.8 Å². The van der Waals surface area contributed by atoms with Gasteiger partial charge in [0.2, 0.25) is 0 Å². The van der Waals surface area contributed by atoms with Crippen molar-refractivity contribution in [2.45, 2.75) is 110 Å². The third-order valence-corrected chi connectivity index (χ3v) is 8.83. The molecule has 2 aromatic carbocycles. The maximum Gasteiger partial charge on any atom is 0.181 e. The summed E-state index contributed by atoms with van der Waals surface area (Å²) in [6, 6.07) is 14.6. The summed E-state index contributed by atoms with van der Waals surface area (Å²) >= 11 is 0. The van der Waals surface area contributed by atoms with Gasteiger partial charge in [0.15, 0.2) is 11.6 Å². The molecule has 0 atom stereocenters. The molecule has 2 heterocycles. The lowest BCUT2D eigenvalue weighted by Gasteiger charge is -2.35. The third kappa shape index (κ3) is 8.83. The van der Waals surface area contributed by atoms with Crippen LogP contribution >= 0.6 is 0 Å². The highest BCUT2D eigenvalue weighted by molar-refractivity contribution is 6.41. The average molecular weight is 569 g/mol. The number of ketones is 3. The van der Waals surface area contributed by atoms with E-state index in [1.54, 1.807) is 6.20 Å². The summed E-state index contributed by atoms with van der Waals surface area (Å²) in [5.41, 5.74) is 7.23. The monoisotopic (exact) mass is 568 g/mol. The number of hydrogen-bond donors (Lipinski definition) is 0. The molecule has 0 unspecified atom stereocenters. The largest absolute Gasteiger partial charge is 0.371 e. The summed E-state index contributed by atoms with van der Waals surface area (Å²) in [5.74, 6) is 0.923. The van der Waals surface area contributed by atoms with Gasteiger partial charge < -0.3 is 4.90 Å². The smallest absolute Gasteiger partial charge is 0.181 e. The number of piperidine rings is 1. The van der Waals surface area contributed by atoms with Crippen molar-refractivity contribution in [2.24, 2.45) is 4.99 Å². The van der Waals surface area contributed by atoms with Gasteiger partial charge in [0.05, 0.1) is 5.71 Å². The maximum absolute atomic E-state index is 13.2. The number of carbonyl (C=O) groups is 3. The van der Waals surface area contributed by atoms with Crippen LogP contribution in [0, 0.1) is 6.92 Å². The molecule has 224 valence electrons. The van der Waals surface area contributed by atoms with Crippen LogP contribution in [0.15, 0.2) is 59.2 Å². The Morgan fingerprint density at radius 1 is 0.857 bits per heavy atom. The van der Waals surface area contributed by atoms with E-state index < -0.39 is 0 Å². The van der Waals surface area contributed by atoms with Crippen molar-refractivity contribution in [3.63, 3.8) is 0 Å². The summed E-state index contributed by atoms with van der Waals surface area (Å²) in [5, 5.41) is 0. The zero-order chi connectivity index (χ0) is 29.9. The Kier molecular flexibility index (Phi) is 11.9. The van der Waals surface area contributed by atoms with Gasteiger partial charge in [-0.25, -0.2) is 0 Å². The lowest BCUT2D eigenvalue weighted by Crippen LogP contribution is -2.33. The van der Waals surface area contributed by atoms with Crippen LogP contribution in [0.5, 0.6) is 0 Å². The molecule has 4 rings (SSSR count). The van der Waals surface area contributed by atoms with Crippen LogP contribution in [0.25, 0.3) is 0 Å². The lowest BCUT2D eigenvalue weighted by molar-refractivity contribution is -0.119. The maximum atomic E-state index is 13.2. The van der Waals surface area contributed by atoms with Crippen LogP contribution in [-0.4, -0.2) is 36.2 Å². The molecule has 5 heteroatoms. The van der Waals surface area contributed by atoms with Crippen molar-refractivity contribution in [2.75, 3.05) is 18.0 Å². The number of benzene rings is 2. The Balaban J connectivity index is 1.38. The number of Topliss-reactive ketones (excluding diaryl/α,β-unsaturated/α-hetero) is 3. The Bertz CT molecular complexity index is 1310. The average Bonchev–Trinajstić information content (AvgIpc) is 3.44. The molecule has 2 aliphatic rings. The fourth-order valence-electron chi connectivity index (χ4n) is 6.27. The molecule has 0 radical (unpaired) electrons. The second-order valence-electron chi connectivity index (χ2n) is 12.3. The molecule has 42 heavy (non-hydrogen) atoms. The van der Waals surface area contributed by atoms with Gasteiger partial charge in [-0.05, 0) is 86.3 Å². The van der Waals surface area contributed by atoms with Gasteiger partial charge in [0.25, 0.3) is 0 Å². The normalized spacial score (nSPS) is 15.5. The topological polar surface area (TPSA) is 66.8 Å². The molecular weight excluding hydrogens is 520 g/mol. The zero-order valence-electron chi connectivity index (χ0n) is 25.9. The van der Waals surface area contributed by atoms with Crippen molar-refractivity contribution in [1.82, 2.24) is 0 Å². The van der Waals surface area contributed by atoms with Crippen molar-refractivity contribution < 1.29 is 14.4 Å². The van der Waals surface area contributed by atoms with Crippen molar-refractivity contribution in [1.29, 1.82) is 0 Å². The van der Waals surface area contributed by atoms with Crippen LogP contribution < -0.4 is 4.90 Å². The van der Waals surface area contributed by atoms with E-state index in [4.69, 9.17) is 0 Å². The second-order valence-corrected chi connectivity index (χ2v) is 12.3. The first-order chi connectivity index (χ1) is 20.4. The zero-order valence-corrected chi connectivity index (χ0v) is 25.9. The van der Waals surface area contributed by atoms with E-state index in [0.717, 1.165) is 75.6 Å². The van der Waals surface area contributed by atoms with Gasteiger partial charge in [-0.3, -0.25) is 19.4 Å². The predicted molar refractivity (Wildman–Crippen MR) is 173 cm³/mol. The molecule has 0 saturated carbocycles. The molecule has 0 bridgehead atoms. The predicted octanol–water partition coefficient (Wildman–Crippen LogP) is 8.52. The third-order valence-electron chi connectivity index (χ3n) is 8.83. The van der Waals surface area contributed by atoms with Crippen LogP contribution in [0.1, 0.15) is 124 Å². The molecule has 1 saturated heterocycles. The fourth-order valence-corrected chi connectivity index (χ4v) is 6.27. The van der Waals surface area contributed by atoms with E-state index >= 15 is 0 Å². The number of rotatable bonds is 16. The first kappa shape index (κ1) is 31.6. The quantitative estimate of drug-likeness (QED) is 0.150. The molecule has 2 aliphatic heterocycles. The number of unbranched alkanes of at least 4 members (excludes halogenated alkanes) is 4. The number of nitrogens with zero attached hydrogens (tertiary/aromatic N) is 2. The molecule has 0 N–H and O–H groups in total. The molecule has 0 spiro atoms. The number of para-hydroxylation sites is 1. The van der Waals surface area contributed by atoms with Crippen molar-refractivity contribution in [3.8, 4) is 0 Å².